The minimum Gasteiger partial charge on any atom is -0.507 e. The van der Waals surface area contributed by atoms with Crippen LogP contribution in [0.2, 0.25) is 0 Å². The monoisotopic (exact) mass is 346 g/mol. The van der Waals surface area contributed by atoms with Gasteiger partial charge in [0.1, 0.15) is 16.9 Å². The first-order valence-electron chi connectivity index (χ1n) is 7.89. The number of nitrogens with zero attached hydrogens (tertiary/aromatic N) is 2. The van der Waals surface area contributed by atoms with Gasteiger partial charge in [0.2, 0.25) is 0 Å². The predicted molar refractivity (Wildman–Crippen MR) is 95.5 cm³/mol. The number of nitro benzene ring substituents is 1. The lowest BCUT2D eigenvalue weighted by atomic mass is 9.93. The van der Waals surface area contributed by atoms with Crippen molar-refractivity contribution in [2.75, 3.05) is 11.4 Å². The maximum Gasteiger partial charge on any atom is 0.340 e. The van der Waals surface area contributed by atoms with Gasteiger partial charge in [0.25, 0.3) is 5.69 Å². The minimum atomic E-state index is -0.726. The quantitative estimate of drug-likeness (QED) is 0.387. The molecule has 2 rings (SSSR count). The van der Waals surface area contributed by atoms with Gasteiger partial charge in [0, 0.05) is 29.9 Å². The van der Waals surface area contributed by atoms with Crippen LogP contribution in [0.3, 0.4) is 0 Å². The highest BCUT2D eigenvalue weighted by atomic mass is 16.6. The molecule has 1 unspecified atom stereocenters. The van der Waals surface area contributed by atoms with Gasteiger partial charge in [-0.2, -0.15) is 0 Å². The van der Waals surface area contributed by atoms with Gasteiger partial charge in [0.05, 0.1) is 11.0 Å². The molecule has 1 aromatic rings. The van der Waals surface area contributed by atoms with Gasteiger partial charge < -0.3 is 14.7 Å². The summed E-state index contributed by atoms with van der Waals surface area (Å²) in [6.45, 7) is 11.1. The number of hydrogen-bond donors (Lipinski definition) is 1. The number of hydrogen-bond acceptors (Lipinski definition) is 6. The highest BCUT2D eigenvalue weighted by molar-refractivity contribution is 6.01. The molecule has 1 heterocycles. The molecule has 1 aliphatic heterocycles. The number of non-ortho nitro benzene ring substituents is 1. The summed E-state index contributed by atoms with van der Waals surface area (Å²) in [5.41, 5.74) is 0.0144. The fraction of sp³-hybridized carbons (Fsp3) is 0.389. The summed E-state index contributed by atoms with van der Waals surface area (Å²) in [6.07, 6.45) is 1.66. The summed E-state index contributed by atoms with van der Waals surface area (Å²) in [5, 5.41) is 21.7. The molecule has 1 aliphatic rings. The van der Waals surface area contributed by atoms with Crippen molar-refractivity contribution in [2.45, 2.75) is 39.3 Å². The standard InChI is InChI=1S/C18H22N2O5/c1-6-9-19-11(2)15(17(22)25-18(3,4)5)16(21)13-10-12(20(23)24)7-8-14(13)19/h6-8,10-11,21H,1,9H2,2-5H3. The molecule has 134 valence electrons. The number of carbonyl (C=O) groups is 1. The van der Waals surface area contributed by atoms with Crippen LogP contribution in [-0.4, -0.2) is 34.2 Å². The van der Waals surface area contributed by atoms with Crippen molar-refractivity contribution in [2.24, 2.45) is 0 Å². The molecule has 7 heteroatoms. The van der Waals surface area contributed by atoms with Gasteiger partial charge >= 0.3 is 5.97 Å². The van der Waals surface area contributed by atoms with Gasteiger partial charge in [0.15, 0.2) is 0 Å². The Bertz CT molecular complexity index is 761. The molecule has 0 saturated heterocycles. The van der Waals surface area contributed by atoms with E-state index in [9.17, 15) is 20.0 Å². The van der Waals surface area contributed by atoms with Crippen molar-refractivity contribution in [3.63, 3.8) is 0 Å². The van der Waals surface area contributed by atoms with Crippen molar-refractivity contribution in [3.8, 4) is 0 Å². The lowest BCUT2D eigenvalue weighted by molar-refractivity contribution is -0.384. The molecule has 0 saturated carbocycles. The number of aliphatic hydroxyl groups excluding tert-OH is 1. The zero-order chi connectivity index (χ0) is 18.9. The molecule has 0 spiro atoms. The number of fused-ring (bicyclic) bond motifs is 1. The van der Waals surface area contributed by atoms with Crippen molar-refractivity contribution in [1.29, 1.82) is 0 Å². The van der Waals surface area contributed by atoms with Crippen LogP contribution < -0.4 is 4.90 Å². The lowest BCUT2D eigenvalue weighted by Gasteiger charge is -2.37. The van der Waals surface area contributed by atoms with Gasteiger partial charge in [-0.15, -0.1) is 6.58 Å². The fourth-order valence-electron chi connectivity index (χ4n) is 2.78. The van der Waals surface area contributed by atoms with Crippen LogP contribution >= 0.6 is 0 Å². The molecule has 1 atom stereocenters. The van der Waals surface area contributed by atoms with Crippen molar-refractivity contribution >= 4 is 23.1 Å². The Morgan fingerprint density at radius 3 is 2.64 bits per heavy atom. The first-order valence-corrected chi connectivity index (χ1v) is 7.89. The molecule has 0 aliphatic carbocycles. The molecule has 1 N–H and O–H groups in total. The smallest absolute Gasteiger partial charge is 0.340 e. The van der Waals surface area contributed by atoms with Crippen LogP contribution in [-0.2, 0) is 9.53 Å². The van der Waals surface area contributed by atoms with Crippen molar-refractivity contribution in [1.82, 2.24) is 0 Å². The van der Waals surface area contributed by atoms with Crippen LogP contribution in [0.25, 0.3) is 5.76 Å². The number of carbonyl (C=O) groups excluding carboxylic acids is 1. The molecule has 0 fully saturated rings. The SMILES string of the molecule is C=CCN1c2ccc([N+](=O)[O-])cc2C(O)=C(C(=O)OC(C)(C)C)C1C. The highest BCUT2D eigenvalue weighted by Gasteiger charge is 2.36. The second-order valence-corrected chi connectivity index (χ2v) is 6.84. The molecular weight excluding hydrogens is 324 g/mol. The third kappa shape index (κ3) is 3.65. The normalized spacial score (nSPS) is 17.1. The predicted octanol–water partition coefficient (Wildman–Crippen LogP) is 3.60. The summed E-state index contributed by atoms with van der Waals surface area (Å²) >= 11 is 0. The van der Waals surface area contributed by atoms with Crippen LogP contribution in [0.15, 0.2) is 36.4 Å². The van der Waals surface area contributed by atoms with E-state index in [4.69, 9.17) is 4.74 Å². The summed E-state index contributed by atoms with van der Waals surface area (Å²) in [4.78, 5) is 24.9. The number of benzene rings is 1. The largest absolute Gasteiger partial charge is 0.507 e. The van der Waals surface area contributed by atoms with E-state index in [-0.39, 0.29) is 22.6 Å². The molecule has 0 bridgehead atoms. The fourth-order valence-corrected chi connectivity index (χ4v) is 2.78. The maximum atomic E-state index is 12.6. The summed E-state index contributed by atoms with van der Waals surface area (Å²) in [6, 6.07) is 3.72. The van der Waals surface area contributed by atoms with Crippen LogP contribution in [0.5, 0.6) is 0 Å². The van der Waals surface area contributed by atoms with E-state index in [1.807, 2.05) is 4.90 Å². The van der Waals surface area contributed by atoms with Gasteiger partial charge in [-0.25, -0.2) is 4.79 Å². The average molecular weight is 346 g/mol. The average Bonchev–Trinajstić information content (AvgIpc) is 2.49. The second-order valence-electron chi connectivity index (χ2n) is 6.84. The Labute approximate surface area is 146 Å². The van der Waals surface area contributed by atoms with Gasteiger partial charge in [-0.3, -0.25) is 10.1 Å². The molecule has 0 aromatic heterocycles. The second kappa shape index (κ2) is 6.58. The number of rotatable bonds is 4. The highest BCUT2D eigenvalue weighted by Crippen LogP contribution is 2.39. The Kier molecular flexibility index (Phi) is 4.87. The number of anilines is 1. The van der Waals surface area contributed by atoms with E-state index in [0.717, 1.165) is 0 Å². The molecule has 0 amide bonds. The van der Waals surface area contributed by atoms with E-state index in [0.29, 0.717) is 12.2 Å². The van der Waals surface area contributed by atoms with E-state index in [1.54, 1.807) is 39.8 Å². The topological polar surface area (TPSA) is 92.9 Å². The van der Waals surface area contributed by atoms with Crippen molar-refractivity contribution < 1.29 is 19.6 Å². The third-order valence-electron chi connectivity index (χ3n) is 3.84. The Hall–Kier alpha value is -2.83. The van der Waals surface area contributed by atoms with Crippen LogP contribution in [0.4, 0.5) is 11.4 Å². The number of aliphatic hydroxyl groups is 1. The van der Waals surface area contributed by atoms with E-state index in [1.165, 1.54) is 12.1 Å². The first kappa shape index (κ1) is 18.5. The van der Waals surface area contributed by atoms with Crippen molar-refractivity contribution in [3.05, 3.63) is 52.1 Å². The third-order valence-corrected chi connectivity index (χ3v) is 3.84. The molecule has 7 nitrogen and oxygen atoms in total. The maximum absolute atomic E-state index is 12.6. The number of ether oxygens (including phenoxy) is 1. The van der Waals surface area contributed by atoms with Crippen LogP contribution in [0.1, 0.15) is 33.3 Å². The van der Waals surface area contributed by atoms with Gasteiger partial charge in [-0.1, -0.05) is 6.08 Å². The van der Waals surface area contributed by atoms with Crippen LogP contribution in [0, 0.1) is 10.1 Å². The summed E-state index contributed by atoms with van der Waals surface area (Å²) in [7, 11) is 0. The Balaban J connectivity index is 2.63. The Morgan fingerprint density at radius 2 is 2.12 bits per heavy atom. The summed E-state index contributed by atoms with van der Waals surface area (Å²) < 4.78 is 5.39. The number of esters is 1. The summed E-state index contributed by atoms with van der Waals surface area (Å²) in [5.74, 6) is -0.940. The molecule has 0 radical (unpaired) electrons. The zero-order valence-corrected chi connectivity index (χ0v) is 14.8. The van der Waals surface area contributed by atoms with E-state index >= 15 is 0 Å². The van der Waals surface area contributed by atoms with E-state index < -0.39 is 22.5 Å². The minimum absolute atomic E-state index is 0.0739. The lowest BCUT2D eigenvalue weighted by Crippen LogP contribution is -2.42. The zero-order valence-electron chi connectivity index (χ0n) is 14.8. The molecular formula is C18H22N2O5. The Morgan fingerprint density at radius 1 is 1.48 bits per heavy atom. The van der Waals surface area contributed by atoms with Gasteiger partial charge in [-0.05, 0) is 33.8 Å². The molecule has 25 heavy (non-hydrogen) atoms. The first-order chi connectivity index (χ1) is 11.6. The van der Waals surface area contributed by atoms with E-state index in [2.05, 4.69) is 6.58 Å². The molecule has 1 aromatic carbocycles. The number of nitro groups is 1.